The summed E-state index contributed by atoms with van der Waals surface area (Å²) >= 11 is 1.70. The number of esters is 1. The maximum absolute atomic E-state index is 12.5. The molecule has 0 aromatic carbocycles. The van der Waals surface area contributed by atoms with E-state index in [1.165, 1.54) is 4.88 Å². The molecule has 0 radical (unpaired) electrons. The second-order valence-corrected chi connectivity index (χ2v) is 7.76. The quantitative estimate of drug-likeness (QED) is 0.384. The molecular formula is C20H22N2O5S. The Morgan fingerprint density at radius 3 is 2.54 bits per heavy atom. The second kappa shape index (κ2) is 8.52. The van der Waals surface area contributed by atoms with Gasteiger partial charge in [0.2, 0.25) is 17.6 Å². The SMILES string of the molecule is Cc1cc(C(=O)COC(=O)CN2C(=O)CCC2=O)c(C)n1CCc1cccs1. The highest BCUT2D eigenvalue weighted by Crippen LogP contribution is 2.18. The maximum atomic E-state index is 12.5. The number of hydrogen-bond donors (Lipinski definition) is 0. The Hall–Kier alpha value is -2.74. The van der Waals surface area contributed by atoms with Crippen LogP contribution in [0.1, 0.15) is 39.5 Å². The normalized spacial score (nSPS) is 14.0. The Morgan fingerprint density at radius 1 is 1.18 bits per heavy atom. The lowest BCUT2D eigenvalue weighted by molar-refractivity contribution is -0.151. The summed E-state index contributed by atoms with van der Waals surface area (Å²) in [7, 11) is 0. The number of imide groups is 1. The summed E-state index contributed by atoms with van der Waals surface area (Å²) in [6, 6.07) is 5.90. The standard InChI is InChI=1S/C20H22N2O5S/c1-13-10-16(14(2)21(13)8-7-15-4-3-9-28-15)17(23)12-27-20(26)11-22-18(24)5-6-19(22)25/h3-4,9-10H,5-8,11-12H2,1-2H3. The Kier molecular flexibility index (Phi) is 6.08. The molecule has 1 saturated heterocycles. The molecule has 28 heavy (non-hydrogen) atoms. The molecule has 1 aliphatic rings. The van der Waals surface area contributed by atoms with E-state index in [0.717, 1.165) is 29.3 Å². The van der Waals surface area contributed by atoms with Crippen molar-refractivity contribution in [2.75, 3.05) is 13.2 Å². The maximum Gasteiger partial charge on any atom is 0.326 e. The lowest BCUT2D eigenvalue weighted by atomic mass is 10.1. The Bertz CT molecular complexity index is 897. The number of aromatic nitrogens is 1. The Balaban J connectivity index is 1.56. The summed E-state index contributed by atoms with van der Waals surface area (Å²) in [6.45, 7) is 3.73. The van der Waals surface area contributed by atoms with Crippen LogP contribution in [-0.4, -0.2) is 46.2 Å². The van der Waals surface area contributed by atoms with Crippen molar-refractivity contribution >= 4 is 34.9 Å². The number of hydrogen-bond acceptors (Lipinski definition) is 6. The van der Waals surface area contributed by atoms with Crippen LogP contribution in [0.4, 0.5) is 0 Å². The Labute approximate surface area is 166 Å². The van der Waals surface area contributed by atoms with Crippen LogP contribution in [0, 0.1) is 13.8 Å². The molecule has 8 heteroatoms. The van der Waals surface area contributed by atoms with E-state index in [2.05, 4.69) is 10.6 Å². The zero-order chi connectivity index (χ0) is 20.3. The molecule has 148 valence electrons. The van der Waals surface area contributed by atoms with Gasteiger partial charge in [-0.3, -0.25) is 24.1 Å². The fourth-order valence-electron chi connectivity index (χ4n) is 3.30. The van der Waals surface area contributed by atoms with Gasteiger partial charge in [0.15, 0.2) is 6.61 Å². The van der Waals surface area contributed by atoms with E-state index in [1.807, 2.05) is 25.3 Å². The van der Waals surface area contributed by atoms with Gasteiger partial charge in [-0.05, 0) is 37.8 Å². The number of thiophene rings is 1. The molecule has 2 amide bonds. The van der Waals surface area contributed by atoms with Crippen molar-refractivity contribution in [1.29, 1.82) is 0 Å². The zero-order valence-corrected chi connectivity index (χ0v) is 16.7. The number of aryl methyl sites for hydroxylation is 2. The minimum atomic E-state index is -0.761. The first-order valence-corrected chi connectivity index (χ1v) is 9.96. The number of likely N-dealkylation sites (tertiary alicyclic amines) is 1. The summed E-state index contributed by atoms with van der Waals surface area (Å²) in [5.41, 5.74) is 2.32. The van der Waals surface area contributed by atoms with Crippen molar-refractivity contribution in [3.05, 3.63) is 45.4 Å². The van der Waals surface area contributed by atoms with E-state index in [0.29, 0.717) is 5.56 Å². The third-order valence-corrected chi connectivity index (χ3v) is 5.78. The van der Waals surface area contributed by atoms with Crippen LogP contribution in [0.5, 0.6) is 0 Å². The third kappa shape index (κ3) is 4.39. The molecule has 0 bridgehead atoms. The first-order valence-electron chi connectivity index (χ1n) is 9.08. The van der Waals surface area contributed by atoms with Crippen molar-refractivity contribution < 1.29 is 23.9 Å². The molecule has 0 aliphatic carbocycles. The summed E-state index contributed by atoms with van der Waals surface area (Å²) in [4.78, 5) is 49.6. The molecule has 2 aromatic heterocycles. The first kappa shape index (κ1) is 20.0. The number of Topliss-reactive ketones (excluding diaryl/α,β-unsaturated/α-hetero) is 1. The average molecular weight is 402 g/mol. The van der Waals surface area contributed by atoms with Gasteiger partial charge >= 0.3 is 5.97 Å². The number of ketones is 1. The number of carbonyl (C=O) groups excluding carboxylic acids is 4. The van der Waals surface area contributed by atoms with Crippen LogP contribution in [-0.2, 0) is 32.1 Å². The van der Waals surface area contributed by atoms with Crippen LogP contribution in [0.3, 0.4) is 0 Å². The van der Waals surface area contributed by atoms with Crippen molar-refractivity contribution in [1.82, 2.24) is 9.47 Å². The van der Waals surface area contributed by atoms with Crippen molar-refractivity contribution in [2.24, 2.45) is 0 Å². The summed E-state index contributed by atoms with van der Waals surface area (Å²) in [5.74, 6) is -1.84. The summed E-state index contributed by atoms with van der Waals surface area (Å²) < 4.78 is 7.08. The van der Waals surface area contributed by atoms with Gasteiger partial charge in [0, 0.05) is 41.2 Å². The minimum absolute atomic E-state index is 0.114. The first-order chi connectivity index (χ1) is 13.4. The number of rotatable bonds is 8. The van der Waals surface area contributed by atoms with Gasteiger partial charge in [-0.15, -0.1) is 11.3 Å². The van der Waals surface area contributed by atoms with Gasteiger partial charge in [-0.25, -0.2) is 0 Å². The second-order valence-electron chi connectivity index (χ2n) is 6.72. The number of carbonyl (C=O) groups is 4. The van der Waals surface area contributed by atoms with Crippen molar-refractivity contribution in [2.45, 2.75) is 39.7 Å². The van der Waals surface area contributed by atoms with Gasteiger partial charge in [-0.1, -0.05) is 6.07 Å². The minimum Gasteiger partial charge on any atom is -0.456 e. The van der Waals surface area contributed by atoms with Crippen LogP contribution in [0.25, 0.3) is 0 Å². The lowest BCUT2D eigenvalue weighted by Crippen LogP contribution is -2.35. The molecule has 3 heterocycles. The fraction of sp³-hybridized carbons (Fsp3) is 0.400. The number of nitrogens with zero attached hydrogens (tertiary/aromatic N) is 2. The largest absolute Gasteiger partial charge is 0.456 e. The van der Waals surface area contributed by atoms with Gasteiger partial charge < -0.3 is 9.30 Å². The highest BCUT2D eigenvalue weighted by Gasteiger charge is 2.31. The van der Waals surface area contributed by atoms with Gasteiger partial charge in [0.25, 0.3) is 0 Å². The highest BCUT2D eigenvalue weighted by molar-refractivity contribution is 7.09. The number of ether oxygens (including phenoxy) is 1. The van der Waals surface area contributed by atoms with Crippen molar-refractivity contribution in [3.63, 3.8) is 0 Å². The van der Waals surface area contributed by atoms with Crippen LogP contribution in [0.15, 0.2) is 23.6 Å². The molecule has 0 unspecified atom stereocenters. The predicted molar refractivity (Wildman–Crippen MR) is 103 cm³/mol. The fourth-order valence-corrected chi connectivity index (χ4v) is 4.00. The van der Waals surface area contributed by atoms with Gasteiger partial charge in [-0.2, -0.15) is 0 Å². The molecule has 0 saturated carbocycles. The topological polar surface area (TPSA) is 85.7 Å². The van der Waals surface area contributed by atoms with Crippen molar-refractivity contribution in [3.8, 4) is 0 Å². The molecule has 0 spiro atoms. The highest BCUT2D eigenvalue weighted by atomic mass is 32.1. The van der Waals surface area contributed by atoms with E-state index < -0.39 is 19.1 Å². The molecular weight excluding hydrogens is 380 g/mol. The summed E-state index contributed by atoms with van der Waals surface area (Å²) in [6.07, 6.45) is 1.11. The van der Waals surface area contributed by atoms with E-state index in [-0.39, 0.29) is 30.4 Å². The molecule has 2 aromatic rings. The van der Waals surface area contributed by atoms with E-state index in [1.54, 1.807) is 17.4 Å². The summed E-state index contributed by atoms with van der Waals surface area (Å²) in [5, 5.41) is 2.04. The predicted octanol–water partition coefficient (Wildman–Crippen LogP) is 2.28. The van der Waals surface area contributed by atoms with E-state index in [4.69, 9.17) is 4.74 Å². The molecule has 1 fully saturated rings. The monoisotopic (exact) mass is 402 g/mol. The van der Waals surface area contributed by atoms with Crippen LogP contribution >= 0.6 is 11.3 Å². The molecule has 7 nitrogen and oxygen atoms in total. The molecule has 0 N–H and O–H groups in total. The van der Waals surface area contributed by atoms with Crippen LogP contribution in [0.2, 0.25) is 0 Å². The van der Waals surface area contributed by atoms with Crippen LogP contribution < -0.4 is 0 Å². The zero-order valence-electron chi connectivity index (χ0n) is 15.9. The molecule has 3 rings (SSSR count). The van der Waals surface area contributed by atoms with Gasteiger partial charge in [0.05, 0.1) is 0 Å². The lowest BCUT2D eigenvalue weighted by Gasteiger charge is -2.12. The Morgan fingerprint density at radius 2 is 1.89 bits per heavy atom. The third-order valence-electron chi connectivity index (χ3n) is 4.84. The van der Waals surface area contributed by atoms with E-state index >= 15 is 0 Å². The smallest absolute Gasteiger partial charge is 0.326 e. The molecule has 1 aliphatic heterocycles. The van der Waals surface area contributed by atoms with E-state index in [9.17, 15) is 19.2 Å². The number of amides is 2. The molecule has 0 atom stereocenters. The average Bonchev–Trinajstić information content (AvgIpc) is 3.35. The van der Waals surface area contributed by atoms with Gasteiger partial charge in [0.1, 0.15) is 6.54 Å².